The van der Waals surface area contributed by atoms with E-state index in [1.54, 1.807) is 39.8 Å². The molecule has 0 aliphatic carbocycles. The largest absolute Gasteiger partial charge is 0.329 e. The number of para-hydroxylation sites is 1. The summed E-state index contributed by atoms with van der Waals surface area (Å²) >= 11 is 6.21. The van der Waals surface area contributed by atoms with Gasteiger partial charge in [-0.05, 0) is 45.0 Å². The molecule has 0 saturated heterocycles. The lowest BCUT2D eigenvalue weighted by Crippen LogP contribution is -2.37. The van der Waals surface area contributed by atoms with Gasteiger partial charge in [-0.2, -0.15) is 0 Å². The Kier molecular flexibility index (Phi) is 5.61. The molecular formula is C21H22ClN3O2. The quantitative estimate of drug-likeness (QED) is 0.660. The minimum atomic E-state index is -0.379. The molecule has 3 rings (SSSR count). The van der Waals surface area contributed by atoms with Gasteiger partial charge in [0.25, 0.3) is 11.5 Å². The third-order valence-electron chi connectivity index (χ3n) is 4.75. The molecule has 0 fully saturated rings. The predicted octanol–water partition coefficient (Wildman–Crippen LogP) is 4.29. The molecule has 27 heavy (non-hydrogen) atoms. The molecule has 0 aliphatic rings. The lowest BCUT2D eigenvalue weighted by atomic mass is 10.1. The van der Waals surface area contributed by atoms with Crippen LogP contribution in [0, 0.1) is 0 Å². The smallest absolute Gasteiger partial charge is 0.261 e. The minimum absolute atomic E-state index is 0.0915. The molecule has 140 valence electrons. The van der Waals surface area contributed by atoms with E-state index in [2.05, 4.69) is 0 Å². The zero-order valence-corrected chi connectivity index (χ0v) is 16.4. The zero-order valence-electron chi connectivity index (χ0n) is 15.6. The Morgan fingerprint density at radius 3 is 2.48 bits per heavy atom. The Bertz CT molecular complexity index is 1050. The summed E-state index contributed by atoms with van der Waals surface area (Å²) in [6.45, 7) is 6.65. The van der Waals surface area contributed by atoms with Crippen LogP contribution in [0.1, 0.15) is 43.0 Å². The summed E-state index contributed by atoms with van der Waals surface area (Å²) in [5, 5.41) is 0.989. The number of fused-ring (bicyclic) bond motifs is 1. The minimum Gasteiger partial charge on any atom is -0.329 e. The van der Waals surface area contributed by atoms with Crippen molar-refractivity contribution in [3.05, 3.63) is 75.3 Å². The number of carbonyl (C=O) groups excluding carboxylic acids is 1. The summed E-state index contributed by atoms with van der Waals surface area (Å²) in [4.78, 5) is 32.4. The van der Waals surface area contributed by atoms with Gasteiger partial charge in [0.1, 0.15) is 5.82 Å². The molecule has 1 unspecified atom stereocenters. The van der Waals surface area contributed by atoms with Crippen LogP contribution in [-0.4, -0.2) is 26.9 Å². The first-order chi connectivity index (χ1) is 13.0. The van der Waals surface area contributed by atoms with Crippen molar-refractivity contribution in [1.82, 2.24) is 14.5 Å². The third kappa shape index (κ3) is 3.47. The number of aromatic nitrogens is 2. The van der Waals surface area contributed by atoms with Crippen molar-refractivity contribution in [3.8, 4) is 0 Å². The maximum absolute atomic E-state index is 13.1. The SMILES string of the molecule is CCN(C(=O)c1ccccc1Cl)C(C)c1nc2ccccc2c(=O)n1CC. The highest BCUT2D eigenvalue weighted by molar-refractivity contribution is 6.33. The summed E-state index contributed by atoms with van der Waals surface area (Å²) in [5.74, 6) is 0.393. The summed E-state index contributed by atoms with van der Waals surface area (Å²) < 4.78 is 1.63. The molecule has 6 heteroatoms. The number of rotatable bonds is 5. The molecule has 0 saturated carbocycles. The maximum Gasteiger partial charge on any atom is 0.261 e. The number of nitrogens with zero attached hydrogens (tertiary/aromatic N) is 3. The fourth-order valence-electron chi connectivity index (χ4n) is 3.33. The summed E-state index contributed by atoms with van der Waals surface area (Å²) in [7, 11) is 0. The standard InChI is InChI=1S/C21H22ClN3O2/c1-4-24(20(26)15-10-6-8-12-17(15)22)14(3)19-23-18-13-9-7-11-16(18)21(27)25(19)5-2/h6-14H,4-5H2,1-3H3. The first-order valence-electron chi connectivity index (χ1n) is 9.04. The molecule has 0 bridgehead atoms. The number of amides is 1. The summed E-state index contributed by atoms with van der Waals surface area (Å²) in [6.07, 6.45) is 0. The van der Waals surface area contributed by atoms with Crippen LogP contribution in [0.2, 0.25) is 5.02 Å². The highest BCUT2D eigenvalue weighted by Crippen LogP contribution is 2.24. The highest BCUT2D eigenvalue weighted by Gasteiger charge is 2.26. The molecule has 0 aliphatic heterocycles. The molecule has 1 aromatic heterocycles. The third-order valence-corrected chi connectivity index (χ3v) is 5.08. The van der Waals surface area contributed by atoms with Crippen LogP contribution in [0.15, 0.2) is 53.3 Å². The molecule has 2 aromatic carbocycles. The van der Waals surface area contributed by atoms with Gasteiger partial charge in [-0.1, -0.05) is 35.9 Å². The number of benzene rings is 2. The Morgan fingerprint density at radius 2 is 1.81 bits per heavy atom. The van der Waals surface area contributed by atoms with Gasteiger partial charge in [0.05, 0.1) is 27.5 Å². The molecule has 3 aromatic rings. The van der Waals surface area contributed by atoms with Gasteiger partial charge in [0.15, 0.2) is 0 Å². The van der Waals surface area contributed by atoms with Gasteiger partial charge >= 0.3 is 0 Å². The van der Waals surface area contributed by atoms with Crippen LogP contribution in [0.25, 0.3) is 10.9 Å². The van der Waals surface area contributed by atoms with Gasteiger partial charge in [0, 0.05) is 13.1 Å². The van der Waals surface area contributed by atoms with E-state index in [0.29, 0.717) is 40.4 Å². The van der Waals surface area contributed by atoms with E-state index < -0.39 is 0 Å². The summed E-state index contributed by atoms with van der Waals surface area (Å²) in [6, 6.07) is 13.9. The fraction of sp³-hybridized carbons (Fsp3) is 0.286. The van der Waals surface area contributed by atoms with Crippen molar-refractivity contribution in [3.63, 3.8) is 0 Å². The molecule has 1 amide bonds. The first kappa shape index (κ1) is 19.1. The van der Waals surface area contributed by atoms with Crippen molar-refractivity contribution in [2.75, 3.05) is 6.54 Å². The number of hydrogen-bond donors (Lipinski definition) is 0. The van der Waals surface area contributed by atoms with E-state index in [-0.39, 0.29) is 17.5 Å². The van der Waals surface area contributed by atoms with E-state index >= 15 is 0 Å². The van der Waals surface area contributed by atoms with Gasteiger partial charge in [-0.15, -0.1) is 0 Å². The van der Waals surface area contributed by atoms with Crippen LogP contribution in [0.4, 0.5) is 0 Å². The van der Waals surface area contributed by atoms with E-state index in [9.17, 15) is 9.59 Å². The molecule has 0 N–H and O–H groups in total. The Hall–Kier alpha value is -2.66. The Balaban J connectivity index is 2.10. The second kappa shape index (κ2) is 7.92. The first-order valence-corrected chi connectivity index (χ1v) is 9.42. The van der Waals surface area contributed by atoms with Crippen LogP contribution >= 0.6 is 11.6 Å². The molecular weight excluding hydrogens is 362 g/mol. The zero-order chi connectivity index (χ0) is 19.6. The number of hydrogen-bond acceptors (Lipinski definition) is 3. The van der Waals surface area contributed by atoms with E-state index in [4.69, 9.17) is 16.6 Å². The van der Waals surface area contributed by atoms with E-state index in [1.807, 2.05) is 39.0 Å². The average molecular weight is 384 g/mol. The topological polar surface area (TPSA) is 55.2 Å². The van der Waals surface area contributed by atoms with E-state index in [0.717, 1.165) is 0 Å². The second-order valence-electron chi connectivity index (χ2n) is 6.28. The van der Waals surface area contributed by atoms with Crippen LogP contribution in [0.3, 0.4) is 0 Å². The second-order valence-corrected chi connectivity index (χ2v) is 6.69. The summed E-state index contributed by atoms with van der Waals surface area (Å²) in [5.41, 5.74) is 0.987. The van der Waals surface area contributed by atoms with Crippen molar-refractivity contribution in [2.24, 2.45) is 0 Å². The Labute approximate surface area is 163 Å². The lowest BCUT2D eigenvalue weighted by molar-refractivity contribution is 0.0691. The lowest BCUT2D eigenvalue weighted by Gasteiger charge is -2.29. The maximum atomic E-state index is 13.1. The van der Waals surface area contributed by atoms with Crippen LogP contribution in [0.5, 0.6) is 0 Å². The fourth-order valence-corrected chi connectivity index (χ4v) is 3.55. The van der Waals surface area contributed by atoms with Crippen molar-refractivity contribution in [1.29, 1.82) is 0 Å². The monoisotopic (exact) mass is 383 g/mol. The molecule has 1 heterocycles. The number of carbonyl (C=O) groups is 1. The molecule has 0 radical (unpaired) electrons. The van der Waals surface area contributed by atoms with Gasteiger partial charge in [-0.25, -0.2) is 4.98 Å². The van der Waals surface area contributed by atoms with E-state index in [1.165, 1.54) is 0 Å². The van der Waals surface area contributed by atoms with Crippen molar-refractivity contribution < 1.29 is 4.79 Å². The van der Waals surface area contributed by atoms with Gasteiger partial charge in [0.2, 0.25) is 0 Å². The average Bonchev–Trinajstić information content (AvgIpc) is 2.68. The number of halogens is 1. The van der Waals surface area contributed by atoms with Crippen molar-refractivity contribution in [2.45, 2.75) is 33.4 Å². The van der Waals surface area contributed by atoms with Crippen LogP contribution in [-0.2, 0) is 6.54 Å². The normalized spacial score (nSPS) is 12.1. The van der Waals surface area contributed by atoms with Gasteiger partial charge < -0.3 is 4.90 Å². The Morgan fingerprint density at radius 1 is 1.15 bits per heavy atom. The van der Waals surface area contributed by atoms with Crippen molar-refractivity contribution >= 4 is 28.4 Å². The van der Waals surface area contributed by atoms with Gasteiger partial charge in [-0.3, -0.25) is 14.2 Å². The predicted molar refractivity (Wildman–Crippen MR) is 108 cm³/mol. The highest BCUT2D eigenvalue weighted by atomic mass is 35.5. The molecule has 1 atom stereocenters. The molecule has 0 spiro atoms. The molecule has 5 nitrogen and oxygen atoms in total. The van der Waals surface area contributed by atoms with Crippen LogP contribution < -0.4 is 5.56 Å².